The minimum absolute atomic E-state index is 0.0937. The lowest BCUT2D eigenvalue weighted by atomic mass is 10.1. The highest BCUT2D eigenvalue weighted by Crippen LogP contribution is 2.28. The van der Waals surface area contributed by atoms with Gasteiger partial charge in [-0.05, 0) is 24.3 Å². The Balaban J connectivity index is 1.47. The number of imide groups is 2. The zero-order chi connectivity index (χ0) is 22.4. The number of hydroxylamine groups is 2. The van der Waals surface area contributed by atoms with Crippen LogP contribution in [0, 0.1) is 0 Å². The number of carbonyl (C=O) groups excluding carboxylic acids is 5. The van der Waals surface area contributed by atoms with Crippen LogP contribution in [0.15, 0.2) is 61.1 Å². The molecule has 158 valence electrons. The summed E-state index contributed by atoms with van der Waals surface area (Å²) in [7, 11) is 0. The van der Waals surface area contributed by atoms with E-state index in [0.29, 0.717) is 10.8 Å². The highest BCUT2D eigenvalue weighted by molar-refractivity contribution is 6.23. The number of aromatic nitrogens is 2. The van der Waals surface area contributed by atoms with Crippen LogP contribution < -0.4 is 0 Å². The average Bonchev–Trinajstić information content (AvgIpc) is 3.47. The number of benzene rings is 2. The monoisotopic (exact) mass is 430 g/mol. The van der Waals surface area contributed by atoms with Crippen LogP contribution in [0.25, 0.3) is 0 Å². The summed E-state index contributed by atoms with van der Waals surface area (Å²) in [6.07, 6.45) is 2.66. The maximum absolute atomic E-state index is 13.1. The van der Waals surface area contributed by atoms with Crippen molar-refractivity contribution in [3.8, 4) is 0 Å². The van der Waals surface area contributed by atoms with E-state index in [0.717, 1.165) is 4.90 Å². The Hall–Kier alpha value is -4.60. The van der Waals surface area contributed by atoms with Crippen molar-refractivity contribution >= 4 is 29.6 Å². The van der Waals surface area contributed by atoms with Crippen molar-refractivity contribution in [3.05, 3.63) is 89.0 Å². The molecule has 5 rings (SSSR count). The molecule has 4 amide bonds. The lowest BCUT2D eigenvalue weighted by molar-refractivity contribution is -0.173. The third kappa shape index (κ3) is 2.88. The minimum atomic E-state index is -1.44. The third-order valence-electron chi connectivity index (χ3n) is 5.32. The molecule has 0 aliphatic carbocycles. The number of aromatic amines is 1. The first-order chi connectivity index (χ1) is 15.5. The molecule has 32 heavy (non-hydrogen) atoms. The average molecular weight is 430 g/mol. The second-order valence-corrected chi connectivity index (χ2v) is 7.18. The third-order valence-corrected chi connectivity index (χ3v) is 5.32. The zero-order valence-electron chi connectivity index (χ0n) is 16.3. The summed E-state index contributed by atoms with van der Waals surface area (Å²) in [4.78, 5) is 76.8. The molecule has 3 aromatic rings. The van der Waals surface area contributed by atoms with Gasteiger partial charge < -0.3 is 9.82 Å². The first kappa shape index (κ1) is 19.4. The molecule has 3 heterocycles. The first-order valence-corrected chi connectivity index (χ1v) is 9.61. The molecule has 2 aliphatic heterocycles. The maximum Gasteiger partial charge on any atom is 0.356 e. The van der Waals surface area contributed by atoms with Crippen LogP contribution >= 0.6 is 0 Å². The number of carbonyl (C=O) groups is 5. The van der Waals surface area contributed by atoms with Gasteiger partial charge in [0.15, 0.2) is 0 Å². The summed E-state index contributed by atoms with van der Waals surface area (Å²) >= 11 is 0. The Labute approximate surface area is 180 Å². The molecule has 0 spiro atoms. The Kier molecular flexibility index (Phi) is 4.40. The molecule has 2 aliphatic rings. The number of hydrogen-bond donors (Lipinski definition) is 1. The number of rotatable bonds is 5. The van der Waals surface area contributed by atoms with Crippen LogP contribution in [0.4, 0.5) is 0 Å². The Morgan fingerprint density at radius 2 is 1.34 bits per heavy atom. The van der Waals surface area contributed by atoms with Gasteiger partial charge in [0.05, 0.1) is 28.6 Å². The van der Waals surface area contributed by atoms with Gasteiger partial charge in [-0.3, -0.25) is 24.1 Å². The van der Waals surface area contributed by atoms with Crippen LogP contribution in [0.1, 0.15) is 47.1 Å². The van der Waals surface area contributed by atoms with Gasteiger partial charge in [-0.1, -0.05) is 29.3 Å². The normalized spacial score (nSPS) is 15.8. The predicted octanol–water partition coefficient (Wildman–Crippen LogP) is 1.37. The standard InChI is InChI=1S/C22H14N4O6/c27-18-13-5-1-2-6-14(13)19(28)25(18)17(9-12-10-23-11-24-12)22(31)32-26-20(29)15-7-3-4-8-16(15)21(26)30/h1-8,10-11,17H,9H2,(H,23,24). The predicted molar refractivity (Wildman–Crippen MR) is 106 cm³/mol. The molecule has 0 saturated heterocycles. The van der Waals surface area contributed by atoms with Crippen LogP contribution in [-0.4, -0.2) is 55.6 Å². The summed E-state index contributed by atoms with van der Waals surface area (Å²) in [6.45, 7) is 0. The second-order valence-electron chi connectivity index (χ2n) is 7.18. The quantitative estimate of drug-likeness (QED) is 0.605. The smallest absolute Gasteiger partial charge is 0.348 e. The molecule has 1 atom stereocenters. The van der Waals surface area contributed by atoms with Gasteiger partial charge in [-0.2, -0.15) is 0 Å². The molecule has 0 bridgehead atoms. The SMILES string of the molecule is O=C(ON1C(=O)c2ccccc2C1=O)C(Cc1cnc[nH]1)N1C(=O)c2ccccc2C1=O. The van der Waals surface area contributed by atoms with Gasteiger partial charge in [0.25, 0.3) is 23.6 Å². The van der Waals surface area contributed by atoms with Crippen LogP contribution in [0.2, 0.25) is 0 Å². The van der Waals surface area contributed by atoms with Crippen molar-refractivity contribution < 1.29 is 28.8 Å². The number of H-pyrrole nitrogens is 1. The number of hydrogen-bond acceptors (Lipinski definition) is 7. The molecular formula is C22H14N4O6. The number of nitrogens with one attached hydrogen (secondary N) is 1. The fourth-order valence-corrected chi connectivity index (χ4v) is 3.78. The lowest BCUT2D eigenvalue weighted by Crippen LogP contribution is -2.49. The molecule has 0 fully saturated rings. The van der Waals surface area contributed by atoms with E-state index in [1.165, 1.54) is 36.8 Å². The summed E-state index contributed by atoms with van der Waals surface area (Å²) < 4.78 is 0. The van der Waals surface area contributed by atoms with E-state index in [9.17, 15) is 24.0 Å². The van der Waals surface area contributed by atoms with Crippen molar-refractivity contribution in [2.24, 2.45) is 0 Å². The van der Waals surface area contributed by atoms with E-state index in [1.54, 1.807) is 24.3 Å². The number of nitrogens with zero attached hydrogens (tertiary/aromatic N) is 3. The van der Waals surface area contributed by atoms with E-state index >= 15 is 0 Å². The van der Waals surface area contributed by atoms with Crippen molar-refractivity contribution in [2.45, 2.75) is 12.5 Å². The maximum atomic E-state index is 13.1. The molecule has 0 radical (unpaired) electrons. The molecule has 0 saturated carbocycles. The fourth-order valence-electron chi connectivity index (χ4n) is 3.78. The highest BCUT2D eigenvalue weighted by Gasteiger charge is 2.46. The molecule has 2 aromatic carbocycles. The second kappa shape index (κ2) is 7.27. The minimum Gasteiger partial charge on any atom is -0.348 e. The summed E-state index contributed by atoms with van der Waals surface area (Å²) in [6, 6.07) is 10.8. The summed E-state index contributed by atoms with van der Waals surface area (Å²) in [5, 5.41) is 0.352. The highest BCUT2D eigenvalue weighted by atomic mass is 16.7. The summed E-state index contributed by atoms with van der Waals surface area (Å²) in [5.41, 5.74) is 0.944. The van der Waals surface area contributed by atoms with Crippen LogP contribution in [0.3, 0.4) is 0 Å². The van der Waals surface area contributed by atoms with Crippen molar-refractivity contribution in [1.82, 2.24) is 19.9 Å². The van der Waals surface area contributed by atoms with Gasteiger partial charge in [0, 0.05) is 18.3 Å². The van der Waals surface area contributed by atoms with Gasteiger partial charge in [0.1, 0.15) is 6.04 Å². The molecular weight excluding hydrogens is 416 g/mol. The van der Waals surface area contributed by atoms with E-state index in [1.807, 2.05) is 0 Å². The number of imidazole rings is 1. The zero-order valence-corrected chi connectivity index (χ0v) is 16.3. The topological polar surface area (TPSA) is 130 Å². The Bertz CT molecular complexity index is 1230. The van der Waals surface area contributed by atoms with Gasteiger partial charge in [-0.25, -0.2) is 9.78 Å². The van der Waals surface area contributed by atoms with Crippen LogP contribution in [0.5, 0.6) is 0 Å². The molecule has 1 N–H and O–H groups in total. The van der Waals surface area contributed by atoms with Gasteiger partial charge in [-0.15, -0.1) is 0 Å². The number of fused-ring (bicyclic) bond motifs is 2. The van der Waals surface area contributed by atoms with E-state index < -0.39 is 35.6 Å². The van der Waals surface area contributed by atoms with Crippen molar-refractivity contribution in [3.63, 3.8) is 0 Å². The van der Waals surface area contributed by atoms with E-state index in [-0.39, 0.29) is 28.7 Å². The molecule has 1 aromatic heterocycles. The Morgan fingerprint density at radius 3 is 1.81 bits per heavy atom. The van der Waals surface area contributed by atoms with Gasteiger partial charge in [0.2, 0.25) is 0 Å². The first-order valence-electron chi connectivity index (χ1n) is 9.61. The van der Waals surface area contributed by atoms with Crippen molar-refractivity contribution in [1.29, 1.82) is 0 Å². The van der Waals surface area contributed by atoms with E-state index in [4.69, 9.17) is 4.84 Å². The Morgan fingerprint density at radius 1 is 0.844 bits per heavy atom. The molecule has 1 unspecified atom stereocenters. The molecule has 10 nitrogen and oxygen atoms in total. The van der Waals surface area contributed by atoms with Crippen LogP contribution in [-0.2, 0) is 16.1 Å². The number of amides is 4. The molecule has 10 heteroatoms. The summed E-state index contributed by atoms with van der Waals surface area (Å²) in [5.74, 6) is -4.06. The fraction of sp³-hybridized carbons (Fsp3) is 0.0909. The largest absolute Gasteiger partial charge is 0.356 e. The van der Waals surface area contributed by atoms with E-state index in [2.05, 4.69) is 9.97 Å². The van der Waals surface area contributed by atoms with Gasteiger partial charge >= 0.3 is 5.97 Å². The lowest BCUT2D eigenvalue weighted by Gasteiger charge is -2.25. The van der Waals surface area contributed by atoms with Crippen molar-refractivity contribution in [2.75, 3.05) is 0 Å².